The standard InChI is InChI=1S/C27H38N4O/c1-21(23-5-9-25(10-6-23)30-17-13-28(3)14-18-30)27(32)22(2)24-7-11-26(12-8-24)31-19-15-29(4)16-20-31/h5-12,21-22H,13-20H2,1-4H3. The number of ketones is 1. The summed E-state index contributed by atoms with van der Waals surface area (Å²) in [6.07, 6.45) is 0. The van der Waals surface area contributed by atoms with Crippen molar-refractivity contribution in [1.82, 2.24) is 9.80 Å². The number of carbonyl (C=O) groups is 1. The molecule has 2 aromatic carbocycles. The fraction of sp³-hybridized carbons (Fsp3) is 0.519. The Bertz CT molecular complexity index is 805. The first-order chi connectivity index (χ1) is 15.4. The summed E-state index contributed by atoms with van der Waals surface area (Å²) in [4.78, 5) is 22.9. The maximum absolute atomic E-state index is 13.3. The first kappa shape index (κ1) is 22.8. The number of piperazine rings is 2. The second-order valence-corrected chi connectivity index (χ2v) is 9.61. The summed E-state index contributed by atoms with van der Waals surface area (Å²) in [5, 5.41) is 0. The Kier molecular flexibility index (Phi) is 7.17. The van der Waals surface area contributed by atoms with E-state index in [2.05, 4.69) is 82.2 Å². The number of anilines is 2. The van der Waals surface area contributed by atoms with Crippen LogP contribution in [0.15, 0.2) is 48.5 Å². The van der Waals surface area contributed by atoms with Crippen molar-refractivity contribution in [2.75, 3.05) is 76.3 Å². The van der Waals surface area contributed by atoms with Crippen LogP contribution in [0, 0.1) is 0 Å². The number of carbonyl (C=O) groups excluding carboxylic acids is 1. The van der Waals surface area contributed by atoms with E-state index in [9.17, 15) is 4.79 Å². The van der Waals surface area contributed by atoms with Crippen LogP contribution in [-0.2, 0) is 4.79 Å². The van der Waals surface area contributed by atoms with Crippen LogP contribution in [0.2, 0.25) is 0 Å². The molecule has 2 atom stereocenters. The van der Waals surface area contributed by atoms with Crippen LogP contribution in [-0.4, -0.2) is 82.0 Å². The second-order valence-electron chi connectivity index (χ2n) is 9.61. The largest absolute Gasteiger partial charge is 0.369 e. The Morgan fingerprint density at radius 3 is 1.22 bits per heavy atom. The lowest BCUT2D eigenvalue weighted by Crippen LogP contribution is -2.44. The van der Waals surface area contributed by atoms with Gasteiger partial charge in [-0.05, 0) is 49.5 Å². The predicted molar refractivity (Wildman–Crippen MR) is 134 cm³/mol. The number of benzene rings is 2. The highest BCUT2D eigenvalue weighted by atomic mass is 16.1. The molecule has 2 saturated heterocycles. The zero-order chi connectivity index (χ0) is 22.7. The molecule has 0 bridgehead atoms. The van der Waals surface area contributed by atoms with E-state index in [0.717, 1.165) is 63.5 Å². The van der Waals surface area contributed by atoms with E-state index in [-0.39, 0.29) is 17.6 Å². The van der Waals surface area contributed by atoms with E-state index in [1.54, 1.807) is 0 Å². The van der Waals surface area contributed by atoms with Crippen molar-refractivity contribution < 1.29 is 4.79 Å². The molecule has 0 radical (unpaired) electrons. The van der Waals surface area contributed by atoms with Gasteiger partial charge in [0.15, 0.2) is 0 Å². The van der Waals surface area contributed by atoms with Crippen LogP contribution >= 0.6 is 0 Å². The Labute approximate surface area is 193 Å². The Balaban J connectivity index is 1.37. The van der Waals surface area contributed by atoms with Gasteiger partial charge < -0.3 is 19.6 Å². The Hall–Kier alpha value is -2.37. The van der Waals surface area contributed by atoms with E-state index in [4.69, 9.17) is 0 Å². The number of likely N-dealkylation sites (N-methyl/N-ethyl adjacent to an activating group) is 2. The monoisotopic (exact) mass is 434 g/mol. The SMILES string of the molecule is CC(C(=O)C(C)c1ccc(N2CCN(C)CC2)cc1)c1ccc(N2CCN(C)CC2)cc1. The lowest BCUT2D eigenvalue weighted by atomic mass is 9.85. The molecule has 2 heterocycles. The third kappa shape index (κ3) is 5.16. The van der Waals surface area contributed by atoms with Crippen LogP contribution < -0.4 is 9.80 Å². The van der Waals surface area contributed by atoms with Crippen LogP contribution in [0.3, 0.4) is 0 Å². The normalized spacial score (nSPS) is 20.2. The van der Waals surface area contributed by atoms with Crippen molar-refractivity contribution in [3.63, 3.8) is 0 Å². The molecule has 2 unspecified atom stereocenters. The van der Waals surface area contributed by atoms with E-state index < -0.39 is 0 Å². The van der Waals surface area contributed by atoms with Gasteiger partial charge in [-0.1, -0.05) is 38.1 Å². The molecule has 2 aromatic rings. The molecule has 2 fully saturated rings. The molecule has 172 valence electrons. The summed E-state index contributed by atoms with van der Waals surface area (Å²) in [6, 6.07) is 17.3. The summed E-state index contributed by atoms with van der Waals surface area (Å²) >= 11 is 0. The quantitative estimate of drug-likeness (QED) is 0.692. The molecule has 0 spiro atoms. The summed E-state index contributed by atoms with van der Waals surface area (Å²) in [6.45, 7) is 12.7. The molecule has 2 aliphatic heterocycles. The zero-order valence-electron chi connectivity index (χ0n) is 20.1. The molecular formula is C27H38N4O. The van der Waals surface area contributed by atoms with E-state index in [1.165, 1.54) is 11.4 Å². The smallest absolute Gasteiger partial charge is 0.147 e. The van der Waals surface area contributed by atoms with Gasteiger partial charge in [0.25, 0.3) is 0 Å². The molecule has 2 aliphatic rings. The molecule has 4 rings (SSSR count). The first-order valence-electron chi connectivity index (χ1n) is 12.0. The van der Waals surface area contributed by atoms with Crippen molar-refractivity contribution in [3.05, 3.63) is 59.7 Å². The predicted octanol–water partition coefficient (Wildman–Crippen LogP) is 3.67. The minimum atomic E-state index is -0.108. The Morgan fingerprint density at radius 1 is 0.594 bits per heavy atom. The lowest BCUT2D eigenvalue weighted by molar-refractivity contribution is -0.121. The maximum Gasteiger partial charge on any atom is 0.147 e. The number of nitrogens with zero attached hydrogens (tertiary/aromatic N) is 4. The van der Waals surface area contributed by atoms with E-state index in [0.29, 0.717) is 0 Å². The highest BCUT2D eigenvalue weighted by Crippen LogP contribution is 2.29. The van der Waals surface area contributed by atoms with Crippen molar-refractivity contribution >= 4 is 17.2 Å². The van der Waals surface area contributed by atoms with Crippen LogP contribution in [0.4, 0.5) is 11.4 Å². The Morgan fingerprint density at radius 2 is 0.906 bits per heavy atom. The van der Waals surface area contributed by atoms with Gasteiger partial charge in [0, 0.05) is 75.6 Å². The van der Waals surface area contributed by atoms with Gasteiger partial charge in [-0.2, -0.15) is 0 Å². The van der Waals surface area contributed by atoms with Gasteiger partial charge in [-0.3, -0.25) is 4.79 Å². The third-order valence-electron chi connectivity index (χ3n) is 7.38. The summed E-state index contributed by atoms with van der Waals surface area (Å²) in [5.74, 6) is 0.0670. The van der Waals surface area contributed by atoms with Crippen LogP contribution in [0.1, 0.15) is 36.8 Å². The minimum Gasteiger partial charge on any atom is -0.369 e. The molecule has 5 nitrogen and oxygen atoms in total. The summed E-state index contributed by atoms with van der Waals surface area (Å²) in [5.41, 5.74) is 4.73. The molecule has 0 N–H and O–H groups in total. The second kappa shape index (κ2) is 10.1. The molecule has 32 heavy (non-hydrogen) atoms. The molecule has 0 amide bonds. The van der Waals surface area contributed by atoms with Gasteiger partial charge >= 0.3 is 0 Å². The van der Waals surface area contributed by atoms with Gasteiger partial charge in [-0.15, -0.1) is 0 Å². The van der Waals surface area contributed by atoms with Crippen molar-refractivity contribution in [3.8, 4) is 0 Å². The zero-order valence-corrected chi connectivity index (χ0v) is 20.1. The fourth-order valence-corrected chi connectivity index (χ4v) is 4.78. The van der Waals surface area contributed by atoms with Crippen molar-refractivity contribution in [1.29, 1.82) is 0 Å². The van der Waals surface area contributed by atoms with Crippen molar-refractivity contribution in [2.24, 2.45) is 0 Å². The highest BCUT2D eigenvalue weighted by molar-refractivity contribution is 5.91. The van der Waals surface area contributed by atoms with Crippen LogP contribution in [0.5, 0.6) is 0 Å². The summed E-state index contributed by atoms with van der Waals surface area (Å²) in [7, 11) is 4.35. The van der Waals surface area contributed by atoms with Crippen LogP contribution in [0.25, 0.3) is 0 Å². The number of hydrogen-bond donors (Lipinski definition) is 0. The van der Waals surface area contributed by atoms with Gasteiger partial charge in [0.1, 0.15) is 5.78 Å². The molecule has 0 aliphatic carbocycles. The minimum absolute atomic E-state index is 0.108. The topological polar surface area (TPSA) is 30.0 Å². The maximum atomic E-state index is 13.3. The van der Waals surface area contributed by atoms with Gasteiger partial charge in [-0.25, -0.2) is 0 Å². The number of Topliss-reactive ketones (excluding diaryl/α,β-unsaturated/α-hetero) is 1. The average molecular weight is 435 g/mol. The van der Waals surface area contributed by atoms with E-state index >= 15 is 0 Å². The van der Waals surface area contributed by atoms with Gasteiger partial charge in [0.2, 0.25) is 0 Å². The fourth-order valence-electron chi connectivity index (χ4n) is 4.78. The first-order valence-corrected chi connectivity index (χ1v) is 12.0. The average Bonchev–Trinajstić information content (AvgIpc) is 2.84. The number of hydrogen-bond acceptors (Lipinski definition) is 5. The molecule has 0 aromatic heterocycles. The van der Waals surface area contributed by atoms with Crippen molar-refractivity contribution in [2.45, 2.75) is 25.7 Å². The van der Waals surface area contributed by atoms with E-state index in [1.807, 2.05) is 13.8 Å². The summed E-state index contributed by atoms with van der Waals surface area (Å²) < 4.78 is 0. The molecule has 5 heteroatoms. The highest BCUT2D eigenvalue weighted by Gasteiger charge is 2.24. The van der Waals surface area contributed by atoms with Gasteiger partial charge in [0.05, 0.1) is 0 Å². The lowest BCUT2D eigenvalue weighted by Gasteiger charge is -2.34. The third-order valence-corrected chi connectivity index (χ3v) is 7.38. The molecule has 0 saturated carbocycles. The number of rotatable bonds is 6. The molecular weight excluding hydrogens is 396 g/mol.